The molecule has 0 bridgehead atoms. The fraction of sp³-hybridized carbons (Fsp3) is 0.0833. The van der Waals surface area contributed by atoms with Crippen LogP contribution in [0.3, 0.4) is 0 Å². The average molecular weight is 299 g/mol. The molecule has 0 saturated heterocycles. The Labute approximate surface area is 118 Å². The summed E-state index contributed by atoms with van der Waals surface area (Å²) in [6, 6.07) is 4.58. The Hall–Kier alpha value is -1.85. The third-order valence-electron chi connectivity index (χ3n) is 2.48. The van der Waals surface area contributed by atoms with Crippen molar-refractivity contribution in [3.8, 4) is 0 Å². The van der Waals surface area contributed by atoms with E-state index in [1.165, 1.54) is 12.1 Å². The lowest BCUT2D eigenvalue weighted by atomic mass is 10.1. The van der Waals surface area contributed by atoms with E-state index < -0.39 is 5.91 Å². The number of benzene rings is 1. The molecule has 2 N–H and O–H groups in total. The fourth-order valence-electron chi connectivity index (χ4n) is 1.69. The minimum Gasteiger partial charge on any atom is -0.463 e. The predicted octanol–water partition coefficient (Wildman–Crippen LogP) is 2.31. The van der Waals surface area contributed by atoms with Gasteiger partial charge in [0.15, 0.2) is 0 Å². The van der Waals surface area contributed by atoms with Crippen LogP contribution in [0.5, 0.6) is 0 Å². The second-order valence-electron chi connectivity index (χ2n) is 3.72. The Bertz CT molecular complexity index is 674. The Kier molecular flexibility index (Phi) is 3.87. The third-order valence-corrected chi connectivity index (χ3v) is 2.98. The molecule has 0 saturated carbocycles. The molecular formula is C12H8Cl2N2O3. The zero-order valence-electron chi connectivity index (χ0n) is 9.52. The molecule has 2 rings (SSSR count). The average Bonchev–Trinajstić information content (AvgIpc) is 2.35. The molecule has 0 unspecified atom stereocenters. The van der Waals surface area contributed by atoms with Gasteiger partial charge in [0, 0.05) is 16.0 Å². The summed E-state index contributed by atoms with van der Waals surface area (Å²) in [6.45, 7) is 0.280. The first-order valence-corrected chi connectivity index (χ1v) is 5.92. The Morgan fingerprint density at radius 3 is 2.74 bits per heavy atom. The van der Waals surface area contributed by atoms with Crippen LogP contribution in [-0.2, 0) is 16.1 Å². The molecule has 0 aliphatic heterocycles. The normalized spacial score (nSPS) is 10.4. The minimum absolute atomic E-state index is 0.0283. The first-order valence-electron chi connectivity index (χ1n) is 5.16. The second kappa shape index (κ2) is 5.42. The number of halogens is 2. The van der Waals surface area contributed by atoms with Gasteiger partial charge in [-0.2, -0.15) is 0 Å². The van der Waals surface area contributed by atoms with Gasteiger partial charge in [-0.1, -0.05) is 23.2 Å². The molecule has 5 nitrogen and oxygen atoms in total. The third kappa shape index (κ3) is 2.77. The number of nitrogens with zero attached hydrogens (tertiary/aromatic N) is 1. The smallest absolute Gasteiger partial charge is 0.293 e. The van der Waals surface area contributed by atoms with Crippen molar-refractivity contribution in [3.63, 3.8) is 0 Å². The summed E-state index contributed by atoms with van der Waals surface area (Å²) >= 11 is 12.0. The molecular weight excluding hydrogens is 291 g/mol. The van der Waals surface area contributed by atoms with Crippen LogP contribution in [0.25, 0.3) is 10.9 Å². The molecule has 0 radical (unpaired) electrons. The van der Waals surface area contributed by atoms with Crippen molar-refractivity contribution >= 4 is 46.5 Å². The molecule has 2 aromatic rings. The molecule has 7 heteroatoms. The van der Waals surface area contributed by atoms with E-state index in [-0.39, 0.29) is 17.3 Å². The van der Waals surface area contributed by atoms with Gasteiger partial charge in [0.2, 0.25) is 0 Å². The van der Waals surface area contributed by atoms with Crippen molar-refractivity contribution in [3.05, 3.63) is 39.5 Å². The van der Waals surface area contributed by atoms with Crippen molar-refractivity contribution < 1.29 is 14.3 Å². The summed E-state index contributed by atoms with van der Waals surface area (Å²) in [7, 11) is 0. The van der Waals surface area contributed by atoms with Crippen molar-refractivity contribution in [2.45, 2.75) is 6.61 Å². The van der Waals surface area contributed by atoms with Crippen molar-refractivity contribution in [2.75, 3.05) is 0 Å². The maximum Gasteiger partial charge on any atom is 0.293 e. The highest BCUT2D eigenvalue weighted by molar-refractivity contribution is 6.38. The van der Waals surface area contributed by atoms with Gasteiger partial charge in [0.1, 0.15) is 12.3 Å². The highest BCUT2D eigenvalue weighted by Gasteiger charge is 2.13. The number of fused-ring (bicyclic) bond motifs is 1. The van der Waals surface area contributed by atoms with Crippen LogP contribution in [0.4, 0.5) is 0 Å². The molecule has 0 atom stereocenters. The summed E-state index contributed by atoms with van der Waals surface area (Å²) < 4.78 is 4.70. The van der Waals surface area contributed by atoms with Crippen molar-refractivity contribution in [1.82, 2.24) is 4.98 Å². The number of rotatable bonds is 4. The summed E-state index contributed by atoms with van der Waals surface area (Å²) in [6.07, 6.45) is 0. The van der Waals surface area contributed by atoms with Crippen LogP contribution in [-0.4, -0.2) is 17.4 Å². The summed E-state index contributed by atoms with van der Waals surface area (Å²) in [5.74, 6) is -0.694. The number of nitrogens with two attached hydrogens (primary N) is 1. The van der Waals surface area contributed by atoms with Crippen LogP contribution in [0.2, 0.25) is 10.0 Å². The second-order valence-corrected chi connectivity index (χ2v) is 4.57. The lowest BCUT2D eigenvalue weighted by Gasteiger charge is -2.09. The molecule has 1 aromatic heterocycles. The van der Waals surface area contributed by atoms with E-state index in [0.717, 1.165) is 0 Å². The summed E-state index contributed by atoms with van der Waals surface area (Å²) in [5, 5.41) is 1.31. The van der Waals surface area contributed by atoms with E-state index in [2.05, 4.69) is 4.98 Å². The highest BCUT2D eigenvalue weighted by Crippen LogP contribution is 2.29. The molecule has 19 heavy (non-hydrogen) atoms. The number of aromatic nitrogens is 1. The van der Waals surface area contributed by atoms with Crippen LogP contribution in [0.15, 0.2) is 18.2 Å². The van der Waals surface area contributed by atoms with Crippen LogP contribution in [0.1, 0.15) is 16.1 Å². The topological polar surface area (TPSA) is 82.3 Å². The number of carbonyl (C=O) groups is 2. The van der Waals surface area contributed by atoms with Crippen LogP contribution < -0.4 is 5.73 Å². The number of ether oxygens (including phenoxy) is 1. The summed E-state index contributed by atoms with van der Waals surface area (Å²) in [5.41, 5.74) is 6.18. The number of primary amides is 1. The lowest BCUT2D eigenvalue weighted by molar-refractivity contribution is -0.129. The van der Waals surface area contributed by atoms with Gasteiger partial charge in [-0.15, -0.1) is 0 Å². The number of carbonyl (C=O) groups excluding carboxylic acids is 2. The van der Waals surface area contributed by atoms with E-state index in [1.807, 2.05) is 0 Å². The lowest BCUT2D eigenvalue weighted by Crippen LogP contribution is -2.14. The Balaban J connectivity index is 2.73. The van der Waals surface area contributed by atoms with Gasteiger partial charge < -0.3 is 10.5 Å². The van der Waals surface area contributed by atoms with Crippen LogP contribution >= 0.6 is 23.2 Å². The van der Waals surface area contributed by atoms with Crippen LogP contribution in [0, 0.1) is 0 Å². The number of hydrogen-bond donors (Lipinski definition) is 1. The minimum atomic E-state index is -0.694. The molecule has 98 valence electrons. The molecule has 1 heterocycles. The van der Waals surface area contributed by atoms with E-state index in [0.29, 0.717) is 28.0 Å². The maximum atomic E-state index is 11.2. The SMILES string of the molecule is NC(=O)c1cc(COC=O)c2cc(Cl)cc(Cl)c2n1. The summed E-state index contributed by atoms with van der Waals surface area (Å²) in [4.78, 5) is 25.6. The molecule has 1 aromatic carbocycles. The molecule has 0 spiro atoms. The number of hydrogen-bond acceptors (Lipinski definition) is 4. The fourth-order valence-corrected chi connectivity index (χ4v) is 2.23. The van der Waals surface area contributed by atoms with E-state index >= 15 is 0 Å². The van der Waals surface area contributed by atoms with Crippen molar-refractivity contribution in [1.29, 1.82) is 0 Å². The zero-order chi connectivity index (χ0) is 14.0. The highest BCUT2D eigenvalue weighted by atomic mass is 35.5. The zero-order valence-corrected chi connectivity index (χ0v) is 11.0. The Morgan fingerprint density at radius 1 is 1.37 bits per heavy atom. The van der Waals surface area contributed by atoms with Gasteiger partial charge in [-0.05, 0) is 18.2 Å². The van der Waals surface area contributed by atoms with Gasteiger partial charge in [-0.3, -0.25) is 9.59 Å². The molecule has 1 amide bonds. The first kappa shape index (κ1) is 13.6. The maximum absolute atomic E-state index is 11.2. The van der Waals surface area contributed by atoms with Gasteiger partial charge in [0.05, 0.1) is 10.5 Å². The van der Waals surface area contributed by atoms with Gasteiger partial charge >= 0.3 is 0 Å². The standard InChI is InChI=1S/C12H8Cl2N2O3/c13-7-2-8-6(4-19-5-17)1-10(12(15)18)16-11(8)9(14)3-7/h1-3,5H,4H2,(H2,15,18). The monoisotopic (exact) mass is 298 g/mol. The molecule has 0 aliphatic carbocycles. The molecule has 0 aliphatic rings. The van der Waals surface area contributed by atoms with E-state index in [9.17, 15) is 9.59 Å². The Morgan fingerprint density at radius 2 is 2.11 bits per heavy atom. The number of pyridine rings is 1. The van der Waals surface area contributed by atoms with Crippen molar-refractivity contribution in [2.24, 2.45) is 5.73 Å². The van der Waals surface area contributed by atoms with Gasteiger partial charge in [0.25, 0.3) is 12.4 Å². The molecule has 0 fully saturated rings. The largest absolute Gasteiger partial charge is 0.463 e. The van der Waals surface area contributed by atoms with E-state index in [1.54, 1.807) is 6.07 Å². The predicted molar refractivity (Wildman–Crippen MR) is 71.1 cm³/mol. The quantitative estimate of drug-likeness (QED) is 0.878. The number of amides is 1. The van der Waals surface area contributed by atoms with E-state index in [4.69, 9.17) is 33.7 Å². The van der Waals surface area contributed by atoms with Gasteiger partial charge in [-0.25, -0.2) is 4.98 Å². The first-order chi connectivity index (χ1) is 9.02.